The van der Waals surface area contributed by atoms with Gasteiger partial charge in [-0.1, -0.05) is 5.92 Å². The quantitative estimate of drug-likeness (QED) is 0.781. The van der Waals surface area contributed by atoms with Crippen LogP contribution in [-0.2, 0) is 11.2 Å². The summed E-state index contributed by atoms with van der Waals surface area (Å²) in [4.78, 5) is 10.2. The van der Waals surface area contributed by atoms with Crippen LogP contribution in [0.2, 0.25) is 0 Å². The molecule has 0 atom stereocenters. The largest absolute Gasteiger partial charge is 0.497 e. The van der Waals surface area contributed by atoms with Crippen LogP contribution in [0.15, 0.2) is 18.2 Å². The highest BCUT2D eigenvalue weighted by Crippen LogP contribution is 2.23. The minimum absolute atomic E-state index is 0.312. The summed E-state index contributed by atoms with van der Waals surface area (Å²) in [7, 11) is 3.12. The van der Waals surface area contributed by atoms with Crippen LogP contribution in [0.1, 0.15) is 5.56 Å². The Kier molecular flexibility index (Phi) is 4.22. The Labute approximate surface area is 93.8 Å². The standard InChI is InChI=1S/C12H12O4/c1-15-10-6-7-11(16-2)9(8-10)4-3-5-12(13)14/h6-8H,4H2,1-2H3,(H,13,14). The van der Waals surface area contributed by atoms with Crippen molar-refractivity contribution in [2.45, 2.75) is 6.42 Å². The lowest BCUT2D eigenvalue weighted by Gasteiger charge is -2.07. The molecule has 0 bridgehead atoms. The van der Waals surface area contributed by atoms with E-state index in [1.807, 2.05) is 0 Å². The van der Waals surface area contributed by atoms with Crippen LogP contribution in [0.4, 0.5) is 0 Å². The fraction of sp³-hybridized carbons (Fsp3) is 0.250. The first kappa shape index (κ1) is 11.9. The first-order chi connectivity index (χ1) is 7.67. The maximum Gasteiger partial charge on any atom is 0.381 e. The molecule has 1 aromatic rings. The highest BCUT2D eigenvalue weighted by Gasteiger charge is 2.03. The summed E-state index contributed by atoms with van der Waals surface area (Å²) in [6.45, 7) is 0. The van der Waals surface area contributed by atoms with E-state index in [0.717, 1.165) is 5.56 Å². The summed E-state index contributed by atoms with van der Waals surface area (Å²) < 4.78 is 10.2. The Morgan fingerprint density at radius 2 is 2.12 bits per heavy atom. The number of ether oxygens (including phenoxy) is 2. The zero-order chi connectivity index (χ0) is 12.0. The molecule has 1 rings (SSSR count). The van der Waals surface area contributed by atoms with E-state index in [1.54, 1.807) is 32.4 Å². The van der Waals surface area contributed by atoms with Crippen molar-refractivity contribution < 1.29 is 19.4 Å². The number of aliphatic carboxylic acids is 1. The highest BCUT2D eigenvalue weighted by atomic mass is 16.5. The molecule has 0 fully saturated rings. The van der Waals surface area contributed by atoms with Crippen LogP contribution in [0.5, 0.6) is 11.5 Å². The lowest BCUT2D eigenvalue weighted by Crippen LogP contribution is -1.94. The van der Waals surface area contributed by atoms with Gasteiger partial charge in [0.15, 0.2) is 0 Å². The van der Waals surface area contributed by atoms with Crippen molar-refractivity contribution in [3.8, 4) is 23.3 Å². The molecule has 16 heavy (non-hydrogen) atoms. The van der Waals surface area contributed by atoms with E-state index < -0.39 is 5.97 Å². The molecule has 0 aliphatic carbocycles. The van der Waals surface area contributed by atoms with Gasteiger partial charge in [0.05, 0.1) is 14.2 Å². The van der Waals surface area contributed by atoms with Crippen LogP contribution < -0.4 is 9.47 Å². The molecule has 0 saturated heterocycles. The first-order valence-electron chi connectivity index (χ1n) is 4.60. The average molecular weight is 220 g/mol. The van der Waals surface area contributed by atoms with Crippen LogP contribution in [-0.4, -0.2) is 25.3 Å². The Morgan fingerprint density at radius 3 is 2.69 bits per heavy atom. The van der Waals surface area contributed by atoms with Crippen molar-refractivity contribution in [3.63, 3.8) is 0 Å². The molecule has 0 spiro atoms. The summed E-state index contributed by atoms with van der Waals surface area (Å²) >= 11 is 0. The van der Waals surface area contributed by atoms with E-state index >= 15 is 0 Å². The summed E-state index contributed by atoms with van der Waals surface area (Å²) in [5, 5.41) is 8.39. The van der Waals surface area contributed by atoms with Crippen LogP contribution in [0.3, 0.4) is 0 Å². The van der Waals surface area contributed by atoms with Crippen LogP contribution in [0.25, 0.3) is 0 Å². The Balaban J connectivity index is 2.92. The SMILES string of the molecule is COc1ccc(OC)c(CC#CC(=O)O)c1. The van der Waals surface area contributed by atoms with Crippen molar-refractivity contribution in [1.82, 2.24) is 0 Å². The fourth-order valence-electron chi connectivity index (χ4n) is 1.24. The van der Waals surface area contributed by atoms with Gasteiger partial charge in [0.2, 0.25) is 0 Å². The van der Waals surface area contributed by atoms with Crippen molar-refractivity contribution in [1.29, 1.82) is 0 Å². The second-order valence-corrected chi connectivity index (χ2v) is 2.96. The van der Waals surface area contributed by atoms with Gasteiger partial charge in [-0.25, -0.2) is 4.79 Å². The normalized spacial score (nSPS) is 8.88. The lowest BCUT2D eigenvalue weighted by atomic mass is 10.1. The molecule has 4 nitrogen and oxygen atoms in total. The summed E-state index contributed by atoms with van der Waals surface area (Å²) in [6, 6.07) is 5.30. The second-order valence-electron chi connectivity index (χ2n) is 2.96. The number of hydrogen-bond acceptors (Lipinski definition) is 3. The molecule has 0 aromatic heterocycles. The predicted octanol–water partition coefficient (Wildman–Crippen LogP) is 1.33. The average Bonchev–Trinajstić information content (AvgIpc) is 2.28. The van der Waals surface area contributed by atoms with Gasteiger partial charge in [-0.3, -0.25) is 0 Å². The molecule has 0 unspecified atom stereocenters. The maximum atomic E-state index is 10.2. The van der Waals surface area contributed by atoms with Gasteiger partial charge in [-0.15, -0.1) is 0 Å². The number of methoxy groups -OCH3 is 2. The number of carboxylic acid groups (broad SMARTS) is 1. The van der Waals surface area contributed by atoms with Gasteiger partial charge in [0.1, 0.15) is 11.5 Å². The molecule has 84 valence electrons. The molecule has 0 aliphatic rings. The number of carboxylic acids is 1. The summed E-state index contributed by atoms with van der Waals surface area (Å²) in [5.74, 6) is 4.81. The number of carbonyl (C=O) groups is 1. The van der Waals surface area contributed by atoms with Gasteiger partial charge in [0.25, 0.3) is 0 Å². The third-order valence-electron chi connectivity index (χ3n) is 1.96. The zero-order valence-electron chi connectivity index (χ0n) is 9.11. The minimum atomic E-state index is -1.14. The molecular weight excluding hydrogens is 208 g/mol. The third-order valence-corrected chi connectivity index (χ3v) is 1.96. The Hall–Kier alpha value is -2.15. The molecule has 0 radical (unpaired) electrons. The van der Waals surface area contributed by atoms with Gasteiger partial charge in [0, 0.05) is 17.9 Å². The van der Waals surface area contributed by atoms with Gasteiger partial charge < -0.3 is 14.6 Å². The van der Waals surface area contributed by atoms with E-state index in [9.17, 15) is 4.79 Å². The molecule has 4 heteroatoms. The molecule has 0 saturated carbocycles. The molecule has 1 aromatic carbocycles. The van der Waals surface area contributed by atoms with Gasteiger partial charge in [-0.05, 0) is 18.2 Å². The number of hydrogen-bond donors (Lipinski definition) is 1. The van der Waals surface area contributed by atoms with E-state index in [2.05, 4.69) is 11.8 Å². The van der Waals surface area contributed by atoms with E-state index in [0.29, 0.717) is 17.9 Å². The Bertz CT molecular complexity index is 440. The number of rotatable bonds is 3. The summed E-state index contributed by atoms with van der Waals surface area (Å²) in [5.41, 5.74) is 0.801. The molecule has 0 amide bonds. The molecule has 0 aliphatic heterocycles. The Morgan fingerprint density at radius 1 is 1.38 bits per heavy atom. The van der Waals surface area contributed by atoms with Gasteiger partial charge in [-0.2, -0.15) is 0 Å². The number of benzene rings is 1. The molecule has 1 N–H and O–H groups in total. The monoisotopic (exact) mass is 220 g/mol. The molecule has 0 heterocycles. The third kappa shape index (κ3) is 3.21. The topological polar surface area (TPSA) is 55.8 Å². The highest BCUT2D eigenvalue weighted by molar-refractivity contribution is 5.86. The maximum absolute atomic E-state index is 10.2. The fourth-order valence-corrected chi connectivity index (χ4v) is 1.24. The van der Waals surface area contributed by atoms with E-state index in [4.69, 9.17) is 14.6 Å². The first-order valence-corrected chi connectivity index (χ1v) is 4.60. The van der Waals surface area contributed by atoms with Crippen molar-refractivity contribution >= 4 is 5.97 Å². The van der Waals surface area contributed by atoms with Crippen LogP contribution in [0, 0.1) is 11.8 Å². The summed E-state index contributed by atoms with van der Waals surface area (Å²) in [6.07, 6.45) is 0.312. The molecular formula is C12H12O4. The van der Waals surface area contributed by atoms with Gasteiger partial charge >= 0.3 is 5.97 Å². The van der Waals surface area contributed by atoms with Crippen molar-refractivity contribution in [3.05, 3.63) is 23.8 Å². The van der Waals surface area contributed by atoms with Crippen molar-refractivity contribution in [2.75, 3.05) is 14.2 Å². The second kappa shape index (κ2) is 5.66. The zero-order valence-corrected chi connectivity index (χ0v) is 9.11. The van der Waals surface area contributed by atoms with Crippen molar-refractivity contribution in [2.24, 2.45) is 0 Å². The van der Waals surface area contributed by atoms with Crippen LogP contribution >= 0.6 is 0 Å². The van der Waals surface area contributed by atoms with E-state index in [1.165, 1.54) is 0 Å². The van der Waals surface area contributed by atoms with E-state index in [-0.39, 0.29) is 0 Å². The minimum Gasteiger partial charge on any atom is -0.497 e. The smallest absolute Gasteiger partial charge is 0.381 e. The lowest BCUT2D eigenvalue weighted by molar-refractivity contribution is -0.130. The predicted molar refractivity (Wildman–Crippen MR) is 58.7 cm³/mol.